The fraction of sp³-hybridized carbons (Fsp3) is 0.111. The number of hydrogen-bond acceptors (Lipinski definition) is 0. The molecule has 0 radical (unpaired) electrons. The van der Waals surface area contributed by atoms with Crippen molar-refractivity contribution in [3.63, 3.8) is 0 Å². The van der Waals surface area contributed by atoms with E-state index in [4.69, 9.17) is 0 Å². The van der Waals surface area contributed by atoms with Gasteiger partial charge in [0.2, 0.25) is 0 Å². The lowest BCUT2D eigenvalue weighted by atomic mass is 9.69. The van der Waals surface area contributed by atoms with E-state index < -0.39 is 0 Å². The third-order valence-corrected chi connectivity index (χ3v) is 6.95. The van der Waals surface area contributed by atoms with Gasteiger partial charge in [-0.1, -0.05) is 113 Å². The molecule has 0 nitrogen and oxygen atoms in total. The lowest BCUT2D eigenvalue weighted by Gasteiger charge is -2.31. The number of halogens is 1. The highest BCUT2D eigenvalue weighted by Crippen LogP contribution is 2.62. The predicted molar refractivity (Wildman–Crippen MR) is 121 cm³/mol. The molecule has 0 fully saturated rings. The number of benzene rings is 3. The van der Waals surface area contributed by atoms with Crippen molar-refractivity contribution in [2.45, 2.75) is 16.7 Å². The maximum Gasteiger partial charge on any atom is 0.0725 e. The van der Waals surface area contributed by atoms with E-state index in [1.807, 2.05) is 0 Å². The zero-order valence-corrected chi connectivity index (χ0v) is 17.2. The van der Waals surface area contributed by atoms with Crippen LogP contribution in [0.3, 0.4) is 0 Å². The van der Waals surface area contributed by atoms with Crippen molar-refractivity contribution < 1.29 is 0 Å². The summed E-state index contributed by atoms with van der Waals surface area (Å²) in [6.07, 6.45) is 9.20. The highest BCUT2D eigenvalue weighted by Gasteiger charge is 2.51. The van der Waals surface area contributed by atoms with E-state index in [-0.39, 0.29) is 9.74 Å². The van der Waals surface area contributed by atoms with Crippen LogP contribution in [0.1, 0.15) is 29.2 Å². The zero-order chi connectivity index (χ0) is 18.9. The molecular formula is C27H19Br. The van der Waals surface area contributed by atoms with Crippen LogP contribution in [0.5, 0.6) is 0 Å². The molecule has 6 rings (SSSR count). The molecular weight excluding hydrogens is 404 g/mol. The van der Waals surface area contributed by atoms with E-state index in [1.165, 1.54) is 44.5 Å². The summed E-state index contributed by atoms with van der Waals surface area (Å²) in [6.45, 7) is 2.19. The van der Waals surface area contributed by atoms with E-state index in [1.54, 1.807) is 0 Å². The summed E-state index contributed by atoms with van der Waals surface area (Å²) in [7, 11) is 0. The average Bonchev–Trinajstić information content (AvgIpc) is 3.11. The van der Waals surface area contributed by atoms with Crippen LogP contribution in [0, 0.1) is 0 Å². The largest absolute Gasteiger partial charge is 0.0765 e. The van der Waals surface area contributed by atoms with Crippen LogP contribution >= 0.6 is 15.9 Å². The Balaban J connectivity index is 1.81. The molecule has 3 aliphatic carbocycles. The second-order valence-electron chi connectivity index (χ2n) is 8.03. The van der Waals surface area contributed by atoms with Crippen molar-refractivity contribution in [3.8, 4) is 11.1 Å². The first-order valence-electron chi connectivity index (χ1n) is 9.74. The van der Waals surface area contributed by atoms with Gasteiger partial charge in [0.05, 0.1) is 9.74 Å². The smallest absolute Gasteiger partial charge is 0.0725 e. The number of hydrogen-bond donors (Lipinski definition) is 0. The van der Waals surface area contributed by atoms with Gasteiger partial charge in [0.1, 0.15) is 0 Å². The molecule has 0 heterocycles. The van der Waals surface area contributed by atoms with Crippen molar-refractivity contribution in [1.82, 2.24) is 0 Å². The molecule has 0 bridgehead atoms. The van der Waals surface area contributed by atoms with Gasteiger partial charge >= 0.3 is 0 Å². The molecule has 0 N–H and O–H groups in total. The van der Waals surface area contributed by atoms with Crippen molar-refractivity contribution >= 4 is 21.5 Å². The van der Waals surface area contributed by atoms with Crippen LogP contribution in [0.25, 0.3) is 16.7 Å². The molecule has 1 atom stereocenters. The van der Waals surface area contributed by atoms with E-state index >= 15 is 0 Å². The lowest BCUT2D eigenvalue weighted by molar-refractivity contribution is 0.785. The average molecular weight is 423 g/mol. The fourth-order valence-corrected chi connectivity index (χ4v) is 5.56. The number of allylic oxidation sites excluding steroid dienone is 6. The van der Waals surface area contributed by atoms with Crippen molar-refractivity contribution in [1.29, 1.82) is 0 Å². The first-order chi connectivity index (χ1) is 13.6. The molecule has 1 unspecified atom stereocenters. The minimum Gasteiger partial charge on any atom is -0.0765 e. The zero-order valence-electron chi connectivity index (χ0n) is 15.6. The van der Waals surface area contributed by atoms with Gasteiger partial charge < -0.3 is 0 Å². The SMILES string of the molecule is CC1(Br)C=CC2=C(C=C1)C1(c3ccccc32)c2ccccc2-c2ccccc21. The van der Waals surface area contributed by atoms with E-state index in [2.05, 4.69) is 120 Å². The molecule has 0 saturated heterocycles. The highest BCUT2D eigenvalue weighted by atomic mass is 79.9. The van der Waals surface area contributed by atoms with Crippen molar-refractivity contribution in [2.75, 3.05) is 0 Å². The Kier molecular flexibility index (Phi) is 3.18. The maximum absolute atomic E-state index is 3.85. The molecule has 134 valence electrons. The topological polar surface area (TPSA) is 0 Å². The van der Waals surface area contributed by atoms with Gasteiger partial charge in [-0.3, -0.25) is 0 Å². The second kappa shape index (κ2) is 5.46. The Bertz CT molecular complexity index is 1190. The summed E-state index contributed by atoms with van der Waals surface area (Å²) in [5.74, 6) is 0. The Labute approximate surface area is 174 Å². The van der Waals surface area contributed by atoms with E-state index in [9.17, 15) is 0 Å². The Morgan fingerprint density at radius 3 is 1.68 bits per heavy atom. The standard InChI is InChI=1S/C27H19Br/c1-26(28)16-14-21-20-10-4-7-13-24(20)27(25(21)15-17-26)22-11-5-2-8-18(22)19-9-3-6-12-23(19)27/h2-17H,1H3. The van der Waals surface area contributed by atoms with E-state index in [0.29, 0.717) is 0 Å². The minimum atomic E-state index is -0.243. The number of alkyl halides is 1. The Hall–Kier alpha value is -2.64. The van der Waals surface area contributed by atoms with Gasteiger partial charge in [-0.25, -0.2) is 0 Å². The summed E-state index contributed by atoms with van der Waals surface area (Å²) < 4.78 is -0.134. The Morgan fingerprint density at radius 1 is 0.607 bits per heavy atom. The Morgan fingerprint density at radius 2 is 1.07 bits per heavy atom. The summed E-state index contributed by atoms with van der Waals surface area (Å²) in [5, 5.41) is 0. The van der Waals surface area contributed by atoms with Crippen LogP contribution < -0.4 is 0 Å². The molecule has 3 aromatic rings. The van der Waals surface area contributed by atoms with Gasteiger partial charge in [0.25, 0.3) is 0 Å². The van der Waals surface area contributed by atoms with Crippen LogP contribution in [0.15, 0.2) is 103 Å². The summed E-state index contributed by atoms with van der Waals surface area (Å²) in [6, 6.07) is 26.8. The maximum atomic E-state index is 3.85. The van der Waals surface area contributed by atoms with Gasteiger partial charge in [-0.15, -0.1) is 0 Å². The second-order valence-corrected chi connectivity index (χ2v) is 9.74. The number of rotatable bonds is 0. The molecule has 1 spiro atoms. The van der Waals surface area contributed by atoms with Gasteiger partial charge in [0.15, 0.2) is 0 Å². The van der Waals surface area contributed by atoms with Gasteiger partial charge in [-0.2, -0.15) is 0 Å². The molecule has 1 heteroatoms. The molecule has 0 aromatic heterocycles. The quantitative estimate of drug-likeness (QED) is 0.340. The minimum absolute atomic E-state index is 0.134. The lowest BCUT2D eigenvalue weighted by Crippen LogP contribution is -2.26. The van der Waals surface area contributed by atoms with Crippen LogP contribution in [0.2, 0.25) is 0 Å². The highest BCUT2D eigenvalue weighted by molar-refractivity contribution is 9.10. The van der Waals surface area contributed by atoms with Gasteiger partial charge in [-0.05, 0) is 51.5 Å². The monoisotopic (exact) mass is 422 g/mol. The van der Waals surface area contributed by atoms with Crippen LogP contribution in [-0.2, 0) is 5.41 Å². The van der Waals surface area contributed by atoms with E-state index in [0.717, 1.165) is 0 Å². The molecule has 3 aromatic carbocycles. The van der Waals surface area contributed by atoms with Crippen molar-refractivity contribution in [3.05, 3.63) is 125 Å². The number of fused-ring (bicyclic) bond motifs is 9. The predicted octanol–water partition coefficient (Wildman–Crippen LogP) is 7.05. The third-order valence-electron chi connectivity index (χ3n) is 6.42. The van der Waals surface area contributed by atoms with Gasteiger partial charge in [0, 0.05) is 0 Å². The molecule has 0 saturated carbocycles. The van der Waals surface area contributed by atoms with Crippen LogP contribution in [-0.4, -0.2) is 4.32 Å². The first-order valence-corrected chi connectivity index (χ1v) is 10.5. The molecule has 0 amide bonds. The fourth-order valence-electron chi connectivity index (χ4n) is 5.30. The van der Waals surface area contributed by atoms with Crippen molar-refractivity contribution in [2.24, 2.45) is 0 Å². The normalized spacial score (nSPS) is 22.6. The molecule has 0 aliphatic heterocycles. The molecule has 3 aliphatic rings. The summed E-state index contributed by atoms with van der Waals surface area (Å²) in [4.78, 5) is 0. The van der Waals surface area contributed by atoms with Crippen LogP contribution in [0.4, 0.5) is 0 Å². The molecule has 28 heavy (non-hydrogen) atoms. The third kappa shape index (κ3) is 1.90. The first kappa shape index (κ1) is 16.3. The summed E-state index contributed by atoms with van der Waals surface area (Å²) in [5.41, 5.74) is 10.7. The summed E-state index contributed by atoms with van der Waals surface area (Å²) >= 11 is 3.85.